The van der Waals surface area contributed by atoms with Crippen molar-refractivity contribution in [3.8, 4) is 39.1 Å². The third-order valence-electron chi connectivity index (χ3n) is 12.2. The average Bonchev–Trinajstić information content (AvgIpc) is 3.88. The van der Waals surface area contributed by atoms with E-state index in [-0.39, 0.29) is 0 Å². The smallest absolute Gasteiger partial charge is 0.0547 e. The zero-order chi connectivity index (χ0) is 40.3. The van der Waals surface area contributed by atoms with Crippen LogP contribution < -0.4 is 4.90 Å². The molecule has 0 aliphatic rings. The molecule has 0 unspecified atom stereocenters. The third kappa shape index (κ3) is 5.93. The van der Waals surface area contributed by atoms with Gasteiger partial charge in [-0.05, 0) is 112 Å². The summed E-state index contributed by atoms with van der Waals surface area (Å²) < 4.78 is 4.99. The van der Waals surface area contributed by atoms with E-state index in [1.165, 1.54) is 86.1 Å². The minimum Gasteiger partial charge on any atom is -0.310 e. The molecule has 12 aromatic rings. The Morgan fingerprint density at radius 3 is 1.66 bits per heavy atom. The number of benzene rings is 10. The Morgan fingerprint density at radius 1 is 0.328 bits per heavy atom. The summed E-state index contributed by atoms with van der Waals surface area (Å²) in [5.41, 5.74) is 14.0. The van der Waals surface area contributed by atoms with Crippen molar-refractivity contribution in [2.24, 2.45) is 0 Å². The van der Waals surface area contributed by atoms with E-state index in [4.69, 9.17) is 0 Å². The predicted octanol–water partition coefficient (Wildman–Crippen LogP) is 16.8. The maximum Gasteiger partial charge on any atom is 0.0547 e. The van der Waals surface area contributed by atoms with E-state index in [0.29, 0.717) is 0 Å². The number of thiophene rings is 1. The van der Waals surface area contributed by atoms with E-state index < -0.39 is 0 Å². The summed E-state index contributed by atoms with van der Waals surface area (Å²) in [6.45, 7) is 0. The van der Waals surface area contributed by atoms with Crippen LogP contribution in [-0.4, -0.2) is 4.57 Å². The second kappa shape index (κ2) is 14.5. The summed E-state index contributed by atoms with van der Waals surface area (Å²) in [7, 11) is 0. The van der Waals surface area contributed by atoms with E-state index in [9.17, 15) is 0 Å². The molecule has 0 saturated heterocycles. The van der Waals surface area contributed by atoms with Gasteiger partial charge in [0.1, 0.15) is 0 Å². The molecule has 12 rings (SSSR count). The first-order valence-electron chi connectivity index (χ1n) is 20.8. The first-order chi connectivity index (χ1) is 30.3. The lowest BCUT2D eigenvalue weighted by molar-refractivity contribution is 1.18. The molecule has 286 valence electrons. The summed E-state index contributed by atoms with van der Waals surface area (Å²) in [6, 6.07) is 84.3. The van der Waals surface area contributed by atoms with Gasteiger partial charge < -0.3 is 9.47 Å². The Kier molecular flexibility index (Phi) is 8.39. The number of fused-ring (bicyclic) bond motifs is 7. The fourth-order valence-corrected chi connectivity index (χ4v) is 10.5. The highest BCUT2D eigenvalue weighted by Crippen LogP contribution is 2.48. The highest BCUT2D eigenvalue weighted by atomic mass is 32.1. The predicted molar refractivity (Wildman–Crippen MR) is 262 cm³/mol. The van der Waals surface area contributed by atoms with Crippen molar-refractivity contribution in [2.45, 2.75) is 0 Å². The van der Waals surface area contributed by atoms with Crippen molar-refractivity contribution in [1.82, 2.24) is 4.57 Å². The number of para-hydroxylation sites is 2. The van der Waals surface area contributed by atoms with Crippen molar-refractivity contribution in [1.29, 1.82) is 0 Å². The molecule has 0 atom stereocenters. The van der Waals surface area contributed by atoms with Crippen LogP contribution in [0.15, 0.2) is 231 Å². The van der Waals surface area contributed by atoms with E-state index >= 15 is 0 Å². The van der Waals surface area contributed by atoms with Crippen molar-refractivity contribution >= 4 is 81.1 Å². The Hall–Kier alpha value is -7.72. The summed E-state index contributed by atoms with van der Waals surface area (Å²) in [4.78, 5) is 2.48. The monoisotopic (exact) mass is 794 g/mol. The SMILES string of the molecule is c1ccc(-c2cc(-c3ccccc3)cc(N(c3ccc4sc5ccccc5c4c3)c3ccc(-c4cccc5c4c4ccccc4n5-c4ccccc4)c4ccccc34)c2)cc1. The fraction of sp³-hybridized carbons (Fsp3) is 0. The Bertz CT molecular complexity index is 3530. The van der Waals surface area contributed by atoms with Crippen LogP contribution in [-0.2, 0) is 0 Å². The normalized spacial score (nSPS) is 11.6. The van der Waals surface area contributed by atoms with Gasteiger partial charge >= 0.3 is 0 Å². The molecule has 61 heavy (non-hydrogen) atoms. The van der Waals surface area contributed by atoms with Crippen LogP contribution in [0.5, 0.6) is 0 Å². The van der Waals surface area contributed by atoms with Gasteiger partial charge in [0.15, 0.2) is 0 Å². The van der Waals surface area contributed by atoms with Crippen molar-refractivity contribution < 1.29 is 0 Å². The summed E-state index contributed by atoms with van der Waals surface area (Å²) >= 11 is 1.86. The lowest BCUT2D eigenvalue weighted by Crippen LogP contribution is -2.11. The molecular weight excluding hydrogens is 757 g/mol. The zero-order valence-corrected chi connectivity index (χ0v) is 34.1. The topological polar surface area (TPSA) is 8.17 Å². The van der Waals surface area contributed by atoms with Gasteiger partial charge in [0.05, 0.1) is 16.7 Å². The highest BCUT2D eigenvalue weighted by molar-refractivity contribution is 7.25. The maximum absolute atomic E-state index is 2.48. The first kappa shape index (κ1) is 35.2. The quantitative estimate of drug-likeness (QED) is 0.156. The minimum absolute atomic E-state index is 1.10. The van der Waals surface area contributed by atoms with Crippen LogP contribution in [0, 0.1) is 0 Å². The standard InChI is InChI=1S/C58H38N2S/c1-4-17-39(18-5-1)41-35-42(40-19-6-2-7-20-40)37-45(36-41)59(44-31-34-57-52(38-44)49-25-13-15-30-56(49)61-57)54-33-32-47(46-23-10-11-24-48(46)54)50-27-16-29-55-58(50)51-26-12-14-28-53(51)60(55)43-21-8-3-9-22-43/h1-38H. The molecule has 10 aromatic carbocycles. The van der Waals surface area contributed by atoms with Gasteiger partial charge in [-0.2, -0.15) is 0 Å². The van der Waals surface area contributed by atoms with Crippen LogP contribution in [0.4, 0.5) is 17.1 Å². The van der Waals surface area contributed by atoms with Crippen LogP contribution in [0.3, 0.4) is 0 Å². The number of rotatable bonds is 7. The number of nitrogens with zero attached hydrogens (tertiary/aromatic N) is 2. The molecule has 0 aliphatic heterocycles. The summed E-state index contributed by atoms with van der Waals surface area (Å²) in [6.07, 6.45) is 0. The van der Waals surface area contributed by atoms with Crippen LogP contribution in [0.1, 0.15) is 0 Å². The Labute approximate surface area is 358 Å². The number of anilines is 3. The molecule has 0 amide bonds. The maximum atomic E-state index is 2.48. The molecule has 2 heterocycles. The van der Waals surface area contributed by atoms with Gasteiger partial charge in [-0.15, -0.1) is 11.3 Å². The van der Waals surface area contributed by atoms with E-state index in [0.717, 1.165) is 22.7 Å². The summed E-state index contributed by atoms with van der Waals surface area (Å²) in [5, 5.41) is 7.45. The van der Waals surface area contributed by atoms with E-state index in [1.807, 2.05) is 11.3 Å². The highest BCUT2D eigenvalue weighted by Gasteiger charge is 2.22. The molecule has 0 fully saturated rings. The Morgan fingerprint density at radius 2 is 0.918 bits per heavy atom. The molecule has 0 bridgehead atoms. The largest absolute Gasteiger partial charge is 0.310 e. The molecule has 0 aliphatic carbocycles. The lowest BCUT2D eigenvalue weighted by atomic mass is 9.93. The molecule has 0 saturated carbocycles. The van der Waals surface area contributed by atoms with Crippen LogP contribution >= 0.6 is 11.3 Å². The average molecular weight is 795 g/mol. The van der Waals surface area contributed by atoms with Crippen molar-refractivity contribution in [2.75, 3.05) is 4.90 Å². The minimum atomic E-state index is 1.10. The number of hydrogen-bond donors (Lipinski definition) is 0. The lowest BCUT2D eigenvalue weighted by Gasteiger charge is -2.29. The number of hydrogen-bond acceptors (Lipinski definition) is 2. The number of aromatic nitrogens is 1. The molecule has 3 heteroatoms. The van der Waals surface area contributed by atoms with Crippen molar-refractivity contribution in [3.63, 3.8) is 0 Å². The second-order valence-electron chi connectivity index (χ2n) is 15.7. The third-order valence-corrected chi connectivity index (χ3v) is 13.3. The van der Waals surface area contributed by atoms with Crippen LogP contribution in [0.2, 0.25) is 0 Å². The Balaban J connectivity index is 1.13. The molecule has 0 spiro atoms. The van der Waals surface area contributed by atoms with Gasteiger partial charge in [-0.25, -0.2) is 0 Å². The second-order valence-corrected chi connectivity index (χ2v) is 16.8. The molecule has 2 nitrogen and oxygen atoms in total. The van der Waals surface area contributed by atoms with Crippen LogP contribution in [0.25, 0.3) is 91.8 Å². The summed E-state index contributed by atoms with van der Waals surface area (Å²) in [5.74, 6) is 0. The van der Waals surface area contributed by atoms with E-state index in [1.54, 1.807) is 0 Å². The molecule has 2 aromatic heterocycles. The molecular formula is C58H38N2S. The molecule has 0 radical (unpaired) electrons. The van der Waals surface area contributed by atoms with Gasteiger partial charge in [0.2, 0.25) is 0 Å². The van der Waals surface area contributed by atoms with Gasteiger partial charge in [-0.1, -0.05) is 158 Å². The van der Waals surface area contributed by atoms with E-state index in [2.05, 4.69) is 240 Å². The molecule has 0 N–H and O–H groups in total. The fourth-order valence-electron chi connectivity index (χ4n) is 9.43. The zero-order valence-electron chi connectivity index (χ0n) is 33.2. The van der Waals surface area contributed by atoms with Gasteiger partial charge in [0, 0.05) is 53.4 Å². The van der Waals surface area contributed by atoms with Gasteiger partial charge in [0.25, 0.3) is 0 Å². The van der Waals surface area contributed by atoms with Crippen molar-refractivity contribution in [3.05, 3.63) is 231 Å². The first-order valence-corrected chi connectivity index (χ1v) is 21.7. The van der Waals surface area contributed by atoms with Gasteiger partial charge in [-0.3, -0.25) is 0 Å².